The molecule has 0 atom stereocenters. The van der Waals surface area contributed by atoms with Gasteiger partial charge in [-0.05, 0) is 19.4 Å². The van der Waals surface area contributed by atoms with Gasteiger partial charge in [0, 0.05) is 13.1 Å². The van der Waals surface area contributed by atoms with E-state index in [2.05, 4.69) is 19.2 Å². The lowest BCUT2D eigenvalue weighted by atomic mass is 10.2. The van der Waals surface area contributed by atoms with E-state index in [9.17, 15) is 4.79 Å². The van der Waals surface area contributed by atoms with Gasteiger partial charge in [0.05, 0.1) is 6.54 Å². The molecule has 0 aromatic rings. The largest absolute Gasteiger partial charge is 0.342 e. The van der Waals surface area contributed by atoms with Crippen LogP contribution in [0.1, 0.15) is 27.7 Å². The standard InChI is InChI=1S/C10H22N2O/c1-5-11-7-10(13)12(6-2)8-9(3)4/h9,11H,5-8H2,1-4H3. The van der Waals surface area contributed by atoms with E-state index < -0.39 is 0 Å². The molecule has 3 nitrogen and oxygen atoms in total. The summed E-state index contributed by atoms with van der Waals surface area (Å²) >= 11 is 0. The van der Waals surface area contributed by atoms with E-state index in [-0.39, 0.29) is 5.91 Å². The predicted molar refractivity (Wildman–Crippen MR) is 55.6 cm³/mol. The number of rotatable bonds is 6. The smallest absolute Gasteiger partial charge is 0.236 e. The minimum atomic E-state index is 0.207. The molecule has 0 saturated carbocycles. The maximum atomic E-state index is 11.5. The van der Waals surface area contributed by atoms with Crippen molar-refractivity contribution in [3.05, 3.63) is 0 Å². The van der Waals surface area contributed by atoms with Gasteiger partial charge >= 0.3 is 0 Å². The molecule has 0 aromatic carbocycles. The van der Waals surface area contributed by atoms with Crippen molar-refractivity contribution >= 4 is 5.91 Å². The monoisotopic (exact) mass is 186 g/mol. The van der Waals surface area contributed by atoms with Crippen LogP contribution in [0.2, 0.25) is 0 Å². The van der Waals surface area contributed by atoms with Crippen molar-refractivity contribution in [2.45, 2.75) is 27.7 Å². The second-order valence-electron chi connectivity index (χ2n) is 3.61. The Morgan fingerprint density at radius 3 is 2.38 bits per heavy atom. The summed E-state index contributed by atoms with van der Waals surface area (Å²) in [4.78, 5) is 13.4. The molecule has 3 heteroatoms. The van der Waals surface area contributed by atoms with Crippen LogP contribution in [0.25, 0.3) is 0 Å². The van der Waals surface area contributed by atoms with Gasteiger partial charge in [-0.25, -0.2) is 0 Å². The molecule has 78 valence electrons. The van der Waals surface area contributed by atoms with Gasteiger partial charge in [-0.2, -0.15) is 0 Å². The Morgan fingerprint density at radius 1 is 1.38 bits per heavy atom. The number of nitrogens with one attached hydrogen (secondary N) is 1. The molecule has 13 heavy (non-hydrogen) atoms. The Morgan fingerprint density at radius 2 is 2.00 bits per heavy atom. The first kappa shape index (κ1) is 12.4. The zero-order chi connectivity index (χ0) is 10.3. The zero-order valence-corrected chi connectivity index (χ0v) is 9.26. The number of hydrogen-bond donors (Lipinski definition) is 1. The summed E-state index contributed by atoms with van der Waals surface area (Å²) in [6.07, 6.45) is 0. The van der Waals surface area contributed by atoms with Crippen molar-refractivity contribution in [2.75, 3.05) is 26.2 Å². The highest BCUT2D eigenvalue weighted by Crippen LogP contribution is 1.98. The summed E-state index contributed by atoms with van der Waals surface area (Å²) in [5.74, 6) is 0.753. The molecule has 1 amide bonds. The van der Waals surface area contributed by atoms with Crippen LogP contribution in [0.3, 0.4) is 0 Å². The fourth-order valence-electron chi connectivity index (χ4n) is 1.19. The van der Waals surface area contributed by atoms with Crippen LogP contribution >= 0.6 is 0 Å². The Balaban J connectivity index is 3.85. The molecule has 0 spiro atoms. The number of hydrogen-bond acceptors (Lipinski definition) is 2. The molecule has 0 radical (unpaired) electrons. The summed E-state index contributed by atoms with van der Waals surface area (Å²) in [7, 11) is 0. The van der Waals surface area contributed by atoms with Crippen molar-refractivity contribution < 1.29 is 4.79 Å². The molecule has 0 fully saturated rings. The minimum Gasteiger partial charge on any atom is -0.342 e. The SMILES string of the molecule is CCNCC(=O)N(CC)CC(C)C. The third kappa shape index (κ3) is 5.64. The van der Waals surface area contributed by atoms with Crippen molar-refractivity contribution in [3.63, 3.8) is 0 Å². The van der Waals surface area contributed by atoms with Crippen LogP contribution in [0.15, 0.2) is 0 Å². The Bertz CT molecular complexity index is 146. The van der Waals surface area contributed by atoms with Gasteiger partial charge in [0.2, 0.25) is 5.91 Å². The Hall–Kier alpha value is -0.570. The number of carbonyl (C=O) groups excluding carboxylic acids is 1. The van der Waals surface area contributed by atoms with E-state index in [1.807, 2.05) is 18.7 Å². The maximum absolute atomic E-state index is 11.5. The van der Waals surface area contributed by atoms with Gasteiger partial charge in [-0.15, -0.1) is 0 Å². The number of carbonyl (C=O) groups is 1. The number of amides is 1. The average Bonchev–Trinajstić information content (AvgIpc) is 2.09. The van der Waals surface area contributed by atoms with Crippen molar-refractivity contribution in [1.82, 2.24) is 10.2 Å². The summed E-state index contributed by atoms with van der Waals surface area (Å²) in [6.45, 7) is 11.3. The minimum absolute atomic E-state index is 0.207. The average molecular weight is 186 g/mol. The highest BCUT2D eigenvalue weighted by Gasteiger charge is 2.11. The van der Waals surface area contributed by atoms with Crippen LogP contribution in [-0.2, 0) is 4.79 Å². The molecule has 0 aliphatic heterocycles. The molecule has 1 N–H and O–H groups in total. The van der Waals surface area contributed by atoms with Crippen LogP contribution < -0.4 is 5.32 Å². The third-order valence-corrected chi connectivity index (χ3v) is 1.85. The predicted octanol–water partition coefficient (Wildman–Crippen LogP) is 1.10. The Kier molecular flexibility index (Phi) is 6.59. The lowest BCUT2D eigenvalue weighted by molar-refractivity contribution is -0.130. The topological polar surface area (TPSA) is 32.3 Å². The highest BCUT2D eigenvalue weighted by molar-refractivity contribution is 5.78. The van der Waals surface area contributed by atoms with Crippen LogP contribution in [-0.4, -0.2) is 37.0 Å². The van der Waals surface area contributed by atoms with Crippen molar-refractivity contribution in [1.29, 1.82) is 0 Å². The molecule has 0 saturated heterocycles. The quantitative estimate of drug-likeness (QED) is 0.673. The van der Waals surface area contributed by atoms with Crippen LogP contribution in [0.4, 0.5) is 0 Å². The first-order valence-corrected chi connectivity index (χ1v) is 5.10. The highest BCUT2D eigenvalue weighted by atomic mass is 16.2. The van der Waals surface area contributed by atoms with E-state index in [4.69, 9.17) is 0 Å². The first-order chi connectivity index (χ1) is 6.11. The second kappa shape index (κ2) is 6.89. The molecule has 0 rings (SSSR count). The van der Waals surface area contributed by atoms with Crippen LogP contribution in [0, 0.1) is 5.92 Å². The second-order valence-corrected chi connectivity index (χ2v) is 3.61. The molecule has 0 heterocycles. The normalized spacial score (nSPS) is 10.5. The molecular weight excluding hydrogens is 164 g/mol. The van der Waals surface area contributed by atoms with Crippen LogP contribution in [0.5, 0.6) is 0 Å². The lowest BCUT2D eigenvalue weighted by Crippen LogP contribution is -2.39. The lowest BCUT2D eigenvalue weighted by Gasteiger charge is -2.22. The molecule has 0 unspecified atom stereocenters. The van der Waals surface area contributed by atoms with E-state index in [0.29, 0.717) is 12.5 Å². The van der Waals surface area contributed by atoms with Crippen molar-refractivity contribution in [3.8, 4) is 0 Å². The zero-order valence-electron chi connectivity index (χ0n) is 9.26. The summed E-state index contributed by atoms with van der Waals surface area (Å²) < 4.78 is 0. The van der Waals surface area contributed by atoms with E-state index in [1.165, 1.54) is 0 Å². The van der Waals surface area contributed by atoms with Gasteiger partial charge < -0.3 is 10.2 Å². The molecule has 0 aliphatic rings. The fourth-order valence-corrected chi connectivity index (χ4v) is 1.19. The molecular formula is C10H22N2O. The van der Waals surface area contributed by atoms with Gasteiger partial charge in [-0.1, -0.05) is 20.8 Å². The van der Waals surface area contributed by atoms with Gasteiger partial charge in [-0.3, -0.25) is 4.79 Å². The summed E-state index contributed by atoms with van der Waals surface area (Å²) in [6, 6.07) is 0. The van der Waals surface area contributed by atoms with E-state index in [0.717, 1.165) is 19.6 Å². The van der Waals surface area contributed by atoms with Gasteiger partial charge in [0.25, 0.3) is 0 Å². The van der Waals surface area contributed by atoms with Gasteiger partial charge in [0.15, 0.2) is 0 Å². The molecule has 0 aromatic heterocycles. The third-order valence-electron chi connectivity index (χ3n) is 1.85. The van der Waals surface area contributed by atoms with E-state index in [1.54, 1.807) is 0 Å². The molecule has 0 bridgehead atoms. The first-order valence-electron chi connectivity index (χ1n) is 5.10. The van der Waals surface area contributed by atoms with E-state index >= 15 is 0 Å². The van der Waals surface area contributed by atoms with Gasteiger partial charge in [0.1, 0.15) is 0 Å². The number of nitrogens with zero attached hydrogens (tertiary/aromatic N) is 1. The number of likely N-dealkylation sites (N-methyl/N-ethyl adjacent to an activating group) is 2. The maximum Gasteiger partial charge on any atom is 0.236 e. The molecule has 0 aliphatic carbocycles. The summed E-state index contributed by atoms with van der Waals surface area (Å²) in [5, 5.41) is 3.04. The summed E-state index contributed by atoms with van der Waals surface area (Å²) in [5.41, 5.74) is 0. The Labute approximate surface area is 81.5 Å². The van der Waals surface area contributed by atoms with Crippen molar-refractivity contribution in [2.24, 2.45) is 5.92 Å². The fraction of sp³-hybridized carbons (Fsp3) is 0.900.